The van der Waals surface area contributed by atoms with Crippen molar-refractivity contribution in [1.82, 2.24) is 14.9 Å². The van der Waals surface area contributed by atoms with Crippen LogP contribution in [0.3, 0.4) is 0 Å². The number of hydrogen-bond acceptors (Lipinski definition) is 3. The molecule has 0 bridgehead atoms. The summed E-state index contributed by atoms with van der Waals surface area (Å²) in [4.78, 5) is 33.0. The molecule has 1 N–H and O–H groups in total. The van der Waals surface area contributed by atoms with E-state index < -0.39 is 0 Å². The molecular weight excluding hydrogens is 254 g/mol. The summed E-state index contributed by atoms with van der Waals surface area (Å²) in [6.07, 6.45) is 3.14. The normalized spacial score (nSPS) is 19.1. The van der Waals surface area contributed by atoms with Crippen LogP contribution in [-0.2, 0) is 11.2 Å². The van der Waals surface area contributed by atoms with Crippen LogP contribution in [-0.4, -0.2) is 33.9 Å². The van der Waals surface area contributed by atoms with E-state index in [0.717, 1.165) is 25.2 Å². The second-order valence-corrected chi connectivity index (χ2v) is 5.80. The van der Waals surface area contributed by atoms with Crippen molar-refractivity contribution in [2.24, 2.45) is 5.92 Å². The van der Waals surface area contributed by atoms with Crippen molar-refractivity contribution >= 4 is 5.91 Å². The van der Waals surface area contributed by atoms with Crippen LogP contribution < -0.4 is 5.56 Å². The molecule has 5 nitrogen and oxygen atoms in total. The van der Waals surface area contributed by atoms with E-state index in [4.69, 9.17) is 0 Å². The highest BCUT2D eigenvalue weighted by Gasteiger charge is 2.21. The number of piperidine rings is 1. The molecule has 20 heavy (non-hydrogen) atoms. The Morgan fingerprint density at radius 3 is 2.85 bits per heavy atom. The third-order valence-electron chi connectivity index (χ3n) is 3.94. The monoisotopic (exact) mass is 277 g/mol. The number of amides is 1. The van der Waals surface area contributed by atoms with Crippen molar-refractivity contribution in [3.8, 4) is 0 Å². The quantitative estimate of drug-likeness (QED) is 0.912. The average molecular weight is 277 g/mol. The molecule has 5 heteroatoms. The van der Waals surface area contributed by atoms with E-state index in [0.29, 0.717) is 30.1 Å². The molecule has 1 amide bonds. The first kappa shape index (κ1) is 14.8. The predicted octanol–water partition coefficient (Wildman–Crippen LogP) is 1.58. The number of nitrogens with one attached hydrogen (secondary N) is 1. The van der Waals surface area contributed by atoms with Gasteiger partial charge >= 0.3 is 0 Å². The molecule has 0 saturated carbocycles. The van der Waals surface area contributed by atoms with Crippen LogP contribution in [0.15, 0.2) is 4.79 Å². The van der Waals surface area contributed by atoms with Crippen molar-refractivity contribution in [3.63, 3.8) is 0 Å². The summed E-state index contributed by atoms with van der Waals surface area (Å²) in [5, 5.41) is 0. The Morgan fingerprint density at radius 1 is 1.45 bits per heavy atom. The molecule has 1 atom stereocenters. The minimum atomic E-state index is -0.116. The van der Waals surface area contributed by atoms with Crippen molar-refractivity contribution in [2.75, 3.05) is 13.1 Å². The number of likely N-dealkylation sites (tertiary alicyclic amines) is 1. The highest BCUT2D eigenvalue weighted by Crippen LogP contribution is 2.16. The summed E-state index contributed by atoms with van der Waals surface area (Å²) in [7, 11) is 0. The average Bonchev–Trinajstić information content (AvgIpc) is 2.37. The van der Waals surface area contributed by atoms with E-state index in [9.17, 15) is 9.59 Å². The van der Waals surface area contributed by atoms with Gasteiger partial charge in [0.15, 0.2) is 0 Å². The van der Waals surface area contributed by atoms with Gasteiger partial charge in [0.2, 0.25) is 5.91 Å². The number of hydrogen-bond donors (Lipinski definition) is 1. The molecule has 2 heterocycles. The first-order valence-electron chi connectivity index (χ1n) is 7.31. The first-order valence-corrected chi connectivity index (χ1v) is 7.31. The largest absolute Gasteiger partial charge is 0.342 e. The summed E-state index contributed by atoms with van der Waals surface area (Å²) >= 11 is 0. The first-order chi connectivity index (χ1) is 9.47. The number of aromatic nitrogens is 2. The molecular formula is C15H23N3O2. The fourth-order valence-corrected chi connectivity index (χ4v) is 2.85. The summed E-state index contributed by atoms with van der Waals surface area (Å²) < 4.78 is 0. The maximum atomic E-state index is 12.2. The van der Waals surface area contributed by atoms with E-state index in [-0.39, 0.29) is 11.5 Å². The van der Waals surface area contributed by atoms with Crippen LogP contribution in [0.4, 0.5) is 0 Å². The minimum absolute atomic E-state index is 0.116. The molecule has 110 valence electrons. The van der Waals surface area contributed by atoms with Gasteiger partial charge in [-0.2, -0.15) is 0 Å². The Morgan fingerprint density at radius 2 is 2.20 bits per heavy atom. The zero-order chi connectivity index (χ0) is 14.7. The predicted molar refractivity (Wildman–Crippen MR) is 77.6 cm³/mol. The molecule has 1 aliphatic heterocycles. The van der Waals surface area contributed by atoms with Crippen LogP contribution in [0.5, 0.6) is 0 Å². The molecule has 1 unspecified atom stereocenters. The lowest BCUT2D eigenvalue weighted by Gasteiger charge is -2.31. The number of aromatic amines is 1. The number of H-pyrrole nitrogens is 1. The molecule has 2 rings (SSSR count). The lowest BCUT2D eigenvalue weighted by atomic mass is 9.99. The Balaban J connectivity index is 1.98. The highest BCUT2D eigenvalue weighted by atomic mass is 16.2. The van der Waals surface area contributed by atoms with E-state index in [1.165, 1.54) is 6.42 Å². The van der Waals surface area contributed by atoms with E-state index in [1.807, 2.05) is 11.8 Å². The molecule has 1 aliphatic rings. The molecule has 0 radical (unpaired) electrons. The van der Waals surface area contributed by atoms with Crippen LogP contribution >= 0.6 is 0 Å². The van der Waals surface area contributed by atoms with Gasteiger partial charge in [0, 0.05) is 30.8 Å². The molecule has 0 spiro atoms. The van der Waals surface area contributed by atoms with Gasteiger partial charge in [0.05, 0.1) is 0 Å². The number of carbonyl (C=O) groups is 1. The van der Waals surface area contributed by atoms with Crippen LogP contribution in [0.2, 0.25) is 0 Å². The summed E-state index contributed by atoms with van der Waals surface area (Å²) in [5.74, 6) is 1.35. The fraction of sp³-hybridized carbons (Fsp3) is 0.667. The standard InChI is InChI=1S/C15H23N3O2/c1-10-5-4-8-18(9-10)14(19)7-6-13-11(2)16-12(3)17-15(13)20/h10H,4-9H2,1-3H3,(H,16,17,20). The van der Waals surface area contributed by atoms with Gasteiger partial charge in [-0.25, -0.2) is 4.98 Å². The van der Waals surface area contributed by atoms with Crippen LogP contribution in [0, 0.1) is 19.8 Å². The van der Waals surface area contributed by atoms with Crippen molar-refractivity contribution < 1.29 is 4.79 Å². The van der Waals surface area contributed by atoms with Crippen LogP contribution in [0.1, 0.15) is 43.3 Å². The van der Waals surface area contributed by atoms with Gasteiger partial charge < -0.3 is 9.88 Å². The van der Waals surface area contributed by atoms with E-state index >= 15 is 0 Å². The lowest BCUT2D eigenvalue weighted by molar-refractivity contribution is -0.132. The molecule has 1 aromatic rings. The SMILES string of the molecule is Cc1nc(C)c(CCC(=O)N2CCCC(C)C2)c(=O)[nH]1. The van der Waals surface area contributed by atoms with Crippen molar-refractivity contribution in [2.45, 2.75) is 46.5 Å². The summed E-state index contributed by atoms with van der Waals surface area (Å²) in [6, 6.07) is 0. The fourth-order valence-electron chi connectivity index (χ4n) is 2.85. The number of aryl methyl sites for hydroxylation is 2. The lowest BCUT2D eigenvalue weighted by Crippen LogP contribution is -2.39. The van der Waals surface area contributed by atoms with E-state index in [2.05, 4.69) is 16.9 Å². The smallest absolute Gasteiger partial charge is 0.254 e. The zero-order valence-corrected chi connectivity index (χ0v) is 12.5. The van der Waals surface area contributed by atoms with Crippen molar-refractivity contribution in [3.05, 3.63) is 27.4 Å². The molecule has 1 aromatic heterocycles. The highest BCUT2D eigenvalue weighted by molar-refractivity contribution is 5.76. The van der Waals surface area contributed by atoms with Gasteiger partial charge in [0.1, 0.15) is 5.82 Å². The minimum Gasteiger partial charge on any atom is -0.342 e. The maximum absolute atomic E-state index is 12.2. The maximum Gasteiger partial charge on any atom is 0.254 e. The molecule has 1 fully saturated rings. The number of nitrogens with zero attached hydrogens (tertiary/aromatic N) is 2. The Labute approximate surface area is 119 Å². The molecule has 0 aliphatic carbocycles. The van der Waals surface area contributed by atoms with Gasteiger partial charge in [-0.1, -0.05) is 6.92 Å². The second-order valence-electron chi connectivity index (χ2n) is 5.80. The van der Waals surface area contributed by atoms with Gasteiger partial charge in [-0.05, 0) is 39.0 Å². The summed E-state index contributed by atoms with van der Waals surface area (Å²) in [6.45, 7) is 7.46. The molecule has 0 aromatic carbocycles. The van der Waals surface area contributed by atoms with Crippen molar-refractivity contribution in [1.29, 1.82) is 0 Å². The number of carbonyl (C=O) groups excluding carboxylic acids is 1. The van der Waals surface area contributed by atoms with Gasteiger partial charge in [-0.15, -0.1) is 0 Å². The second kappa shape index (κ2) is 6.20. The third kappa shape index (κ3) is 3.46. The Kier molecular flexibility index (Phi) is 4.57. The Bertz CT molecular complexity index is 551. The van der Waals surface area contributed by atoms with E-state index in [1.54, 1.807) is 6.92 Å². The Hall–Kier alpha value is -1.65. The summed E-state index contributed by atoms with van der Waals surface area (Å²) in [5.41, 5.74) is 1.25. The van der Waals surface area contributed by atoms with Gasteiger partial charge in [0.25, 0.3) is 5.56 Å². The number of rotatable bonds is 3. The molecule has 1 saturated heterocycles. The van der Waals surface area contributed by atoms with Gasteiger partial charge in [-0.3, -0.25) is 9.59 Å². The topological polar surface area (TPSA) is 66.1 Å². The zero-order valence-electron chi connectivity index (χ0n) is 12.5. The van der Waals surface area contributed by atoms with Crippen LogP contribution in [0.25, 0.3) is 0 Å². The third-order valence-corrected chi connectivity index (χ3v) is 3.94.